The maximum atomic E-state index is 11.3. The molecule has 0 spiro atoms. The van der Waals surface area contributed by atoms with Gasteiger partial charge >= 0.3 is 5.69 Å². The van der Waals surface area contributed by atoms with E-state index in [9.17, 15) is 4.79 Å². The van der Waals surface area contributed by atoms with Gasteiger partial charge in [-0.25, -0.2) is 4.79 Å². The number of rotatable bonds is 2. The van der Waals surface area contributed by atoms with Crippen molar-refractivity contribution in [3.63, 3.8) is 0 Å². The molecule has 0 atom stereocenters. The summed E-state index contributed by atoms with van der Waals surface area (Å²) in [5, 5.41) is 0.776. The number of nitrogens with zero attached hydrogens (tertiary/aromatic N) is 2. The Balaban J connectivity index is 3.19. The Bertz CT molecular complexity index is 332. The van der Waals surface area contributed by atoms with Crippen molar-refractivity contribution in [3.8, 4) is 0 Å². The second kappa shape index (κ2) is 3.85. The summed E-state index contributed by atoms with van der Waals surface area (Å²) in [6, 6.07) is 1.91. The summed E-state index contributed by atoms with van der Waals surface area (Å²) in [5.74, 6) is 0. The van der Waals surface area contributed by atoms with Gasteiger partial charge in [0.2, 0.25) is 0 Å². The van der Waals surface area contributed by atoms with E-state index in [2.05, 4.69) is 20.9 Å². The van der Waals surface area contributed by atoms with Gasteiger partial charge in [-0.2, -0.15) is 4.98 Å². The van der Waals surface area contributed by atoms with Crippen LogP contribution in [0.15, 0.2) is 10.9 Å². The standard InChI is InChI=1S/C8H11BrN2O/c1-6-5-7(2)11(4-3-9)8(12)10-6/h5H,3-4H2,1-2H3. The predicted molar refractivity (Wildman–Crippen MR) is 51.8 cm³/mol. The van der Waals surface area contributed by atoms with Crippen LogP contribution in [0.3, 0.4) is 0 Å². The number of aryl methyl sites for hydroxylation is 2. The van der Waals surface area contributed by atoms with Crippen molar-refractivity contribution >= 4 is 15.9 Å². The Morgan fingerprint density at radius 2 is 2.25 bits per heavy atom. The lowest BCUT2D eigenvalue weighted by molar-refractivity contribution is 0.677. The summed E-state index contributed by atoms with van der Waals surface area (Å²) in [7, 11) is 0. The maximum absolute atomic E-state index is 11.3. The molecule has 66 valence electrons. The molecule has 1 rings (SSSR count). The van der Waals surface area contributed by atoms with Gasteiger partial charge in [-0.1, -0.05) is 15.9 Å². The zero-order chi connectivity index (χ0) is 9.14. The Hall–Kier alpha value is -0.640. The molecule has 0 radical (unpaired) electrons. The quantitative estimate of drug-likeness (QED) is 0.718. The van der Waals surface area contributed by atoms with Crippen molar-refractivity contribution in [2.45, 2.75) is 20.4 Å². The van der Waals surface area contributed by atoms with Gasteiger partial charge in [-0.3, -0.25) is 4.57 Å². The lowest BCUT2D eigenvalue weighted by Gasteiger charge is -2.06. The first-order valence-electron chi connectivity index (χ1n) is 3.76. The van der Waals surface area contributed by atoms with Gasteiger partial charge in [-0.15, -0.1) is 0 Å². The largest absolute Gasteiger partial charge is 0.347 e. The van der Waals surface area contributed by atoms with Gasteiger partial charge in [0.25, 0.3) is 0 Å². The van der Waals surface area contributed by atoms with E-state index in [-0.39, 0.29) is 5.69 Å². The second-order valence-corrected chi connectivity index (χ2v) is 3.46. The minimum atomic E-state index is -0.160. The van der Waals surface area contributed by atoms with Crippen LogP contribution in [0.2, 0.25) is 0 Å². The summed E-state index contributed by atoms with van der Waals surface area (Å²) >= 11 is 3.29. The van der Waals surface area contributed by atoms with Crippen LogP contribution in [0.5, 0.6) is 0 Å². The van der Waals surface area contributed by atoms with E-state index in [0.717, 1.165) is 16.7 Å². The van der Waals surface area contributed by atoms with Crippen LogP contribution >= 0.6 is 15.9 Å². The van der Waals surface area contributed by atoms with Crippen LogP contribution in [0.1, 0.15) is 11.4 Å². The zero-order valence-electron chi connectivity index (χ0n) is 7.17. The van der Waals surface area contributed by atoms with Crippen LogP contribution in [-0.4, -0.2) is 14.9 Å². The van der Waals surface area contributed by atoms with E-state index < -0.39 is 0 Å². The number of hydrogen-bond acceptors (Lipinski definition) is 2. The summed E-state index contributed by atoms with van der Waals surface area (Å²) in [5.41, 5.74) is 1.59. The Morgan fingerprint density at radius 3 is 2.75 bits per heavy atom. The van der Waals surface area contributed by atoms with E-state index in [1.807, 2.05) is 19.9 Å². The highest BCUT2D eigenvalue weighted by Gasteiger charge is 2.00. The summed E-state index contributed by atoms with van der Waals surface area (Å²) in [6.45, 7) is 4.42. The Morgan fingerprint density at radius 1 is 1.58 bits per heavy atom. The van der Waals surface area contributed by atoms with Gasteiger partial charge in [-0.05, 0) is 19.9 Å². The topological polar surface area (TPSA) is 34.9 Å². The third-order valence-electron chi connectivity index (χ3n) is 1.65. The lowest BCUT2D eigenvalue weighted by Crippen LogP contribution is -2.26. The molecular formula is C8H11BrN2O. The molecule has 0 aliphatic carbocycles. The normalized spacial score (nSPS) is 10.2. The van der Waals surface area contributed by atoms with Crippen molar-refractivity contribution in [1.82, 2.24) is 9.55 Å². The van der Waals surface area contributed by atoms with Crippen LogP contribution in [-0.2, 0) is 6.54 Å². The summed E-state index contributed by atoms with van der Waals surface area (Å²) in [6.07, 6.45) is 0. The molecule has 1 aromatic rings. The molecule has 0 fully saturated rings. The molecule has 0 aliphatic rings. The number of aromatic nitrogens is 2. The van der Waals surface area contributed by atoms with Crippen LogP contribution in [0, 0.1) is 13.8 Å². The van der Waals surface area contributed by atoms with Crippen molar-refractivity contribution in [3.05, 3.63) is 27.9 Å². The maximum Gasteiger partial charge on any atom is 0.347 e. The summed E-state index contributed by atoms with van der Waals surface area (Å²) in [4.78, 5) is 15.1. The van der Waals surface area contributed by atoms with Gasteiger partial charge in [0, 0.05) is 23.3 Å². The summed E-state index contributed by atoms with van der Waals surface area (Å²) < 4.78 is 1.65. The molecule has 0 unspecified atom stereocenters. The van der Waals surface area contributed by atoms with E-state index >= 15 is 0 Å². The van der Waals surface area contributed by atoms with Gasteiger partial charge in [0.05, 0.1) is 0 Å². The molecule has 0 aromatic carbocycles. The molecule has 1 aromatic heterocycles. The lowest BCUT2D eigenvalue weighted by atomic mass is 10.3. The molecule has 3 nitrogen and oxygen atoms in total. The third-order valence-corrected chi connectivity index (χ3v) is 2.01. The van der Waals surface area contributed by atoms with Gasteiger partial charge < -0.3 is 0 Å². The van der Waals surface area contributed by atoms with Crippen molar-refractivity contribution < 1.29 is 0 Å². The Kier molecular flexibility index (Phi) is 3.03. The zero-order valence-corrected chi connectivity index (χ0v) is 8.76. The monoisotopic (exact) mass is 230 g/mol. The number of alkyl halides is 1. The fourth-order valence-electron chi connectivity index (χ4n) is 1.13. The first-order valence-corrected chi connectivity index (χ1v) is 4.88. The molecule has 1 heterocycles. The van der Waals surface area contributed by atoms with Crippen molar-refractivity contribution in [2.75, 3.05) is 5.33 Å². The van der Waals surface area contributed by atoms with E-state index in [0.29, 0.717) is 6.54 Å². The molecule has 0 N–H and O–H groups in total. The molecular weight excluding hydrogens is 220 g/mol. The number of hydrogen-bond donors (Lipinski definition) is 0. The molecule has 4 heteroatoms. The minimum Gasteiger partial charge on any atom is -0.296 e. The van der Waals surface area contributed by atoms with Crippen LogP contribution < -0.4 is 5.69 Å². The second-order valence-electron chi connectivity index (χ2n) is 2.66. The SMILES string of the molecule is Cc1cc(C)n(CCBr)c(=O)n1. The highest BCUT2D eigenvalue weighted by atomic mass is 79.9. The molecule has 0 bridgehead atoms. The number of halogens is 1. The molecule has 0 amide bonds. The smallest absolute Gasteiger partial charge is 0.296 e. The van der Waals surface area contributed by atoms with E-state index in [1.54, 1.807) is 4.57 Å². The first kappa shape index (κ1) is 9.45. The van der Waals surface area contributed by atoms with Gasteiger partial charge in [0.1, 0.15) is 0 Å². The van der Waals surface area contributed by atoms with E-state index in [4.69, 9.17) is 0 Å². The van der Waals surface area contributed by atoms with Crippen LogP contribution in [0.25, 0.3) is 0 Å². The van der Waals surface area contributed by atoms with Crippen LogP contribution in [0.4, 0.5) is 0 Å². The molecule has 0 aliphatic heterocycles. The highest BCUT2D eigenvalue weighted by molar-refractivity contribution is 9.09. The average molecular weight is 231 g/mol. The highest BCUT2D eigenvalue weighted by Crippen LogP contribution is 1.97. The van der Waals surface area contributed by atoms with E-state index in [1.165, 1.54) is 0 Å². The minimum absolute atomic E-state index is 0.160. The fourth-order valence-corrected chi connectivity index (χ4v) is 1.49. The predicted octanol–water partition coefficient (Wildman–Crippen LogP) is 1.26. The molecule has 0 saturated heterocycles. The molecule has 0 saturated carbocycles. The van der Waals surface area contributed by atoms with Gasteiger partial charge in [0.15, 0.2) is 0 Å². The Labute approximate surface area is 79.6 Å². The first-order chi connectivity index (χ1) is 5.65. The van der Waals surface area contributed by atoms with Crippen molar-refractivity contribution in [1.29, 1.82) is 0 Å². The average Bonchev–Trinajstić information content (AvgIpc) is 1.96. The third kappa shape index (κ3) is 1.94. The molecule has 12 heavy (non-hydrogen) atoms. The van der Waals surface area contributed by atoms with Crippen molar-refractivity contribution in [2.24, 2.45) is 0 Å². The fraction of sp³-hybridized carbons (Fsp3) is 0.500.